The van der Waals surface area contributed by atoms with Crippen molar-refractivity contribution in [1.29, 1.82) is 0 Å². The molecule has 1 atom stereocenters. The third-order valence-electron chi connectivity index (χ3n) is 4.53. The maximum absolute atomic E-state index is 12.1. The SMILES string of the molecule is CC(C)(C)OC(=O)N1CCC(NC(C2CC2)C2CC2)C1. The van der Waals surface area contributed by atoms with Crippen LogP contribution in [-0.2, 0) is 4.74 Å². The summed E-state index contributed by atoms with van der Waals surface area (Å²) in [6.07, 6.45) is 6.51. The molecule has 3 rings (SSSR count). The van der Waals surface area contributed by atoms with E-state index < -0.39 is 5.60 Å². The van der Waals surface area contributed by atoms with Crippen molar-refractivity contribution in [3.05, 3.63) is 0 Å². The van der Waals surface area contributed by atoms with Crippen LogP contribution >= 0.6 is 0 Å². The van der Waals surface area contributed by atoms with E-state index in [0.29, 0.717) is 6.04 Å². The molecule has 114 valence electrons. The molecule has 3 aliphatic rings. The quantitative estimate of drug-likeness (QED) is 0.861. The fraction of sp³-hybridized carbons (Fsp3) is 0.938. The van der Waals surface area contributed by atoms with Gasteiger partial charge in [-0.2, -0.15) is 0 Å². The Morgan fingerprint density at radius 1 is 1.15 bits per heavy atom. The predicted octanol–water partition coefficient (Wildman–Crippen LogP) is 2.77. The van der Waals surface area contributed by atoms with E-state index in [1.807, 2.05) is 25.7 Å². The zero-order valence-electron chi connectivity index (χ0n) is 13.0. The van der Waals surface area contributed by atoms with E-state index in [2.05, 4.69) is 5.32 Å². The molecule has 0 aromatic rings. The van der Waals surface area contributed by atoms with E-state index >= 15 is 0 Å². The highest BCUT2D eigenvalue weighted by atomic mass is 16.6. The van der Waals surface area contributed by atoms with Crippen molar-refractivity contribution in [1.82, 2.24) is 10.2 Å². The van der Waals surface area contributed by atoms with Crippen LogP contribution < -0.4 is 5.32 Å². The first-order chi connectivity index (χ1) is 9.42. The minimum absolute atomic E-state index is 0.156. The Hall–Kier alpha value is -0.770. The van der Waals surface area contributed by atoms with E-state index in [1.54, 1.807) is 0 Å². The molecule has 1 aliphatic heterocycles. The fourth-order valence-corrected chi connectivity index (χ4v) is 3.23. The lowest BCUT2D eigenvalue weighted by molar-refractivity contribution is 0.0290. The van der Waals surface area contributed by atoms with Crippen LogP contribution in [0.4, 0.5) is 4.79 Å². The molecule has 1 N–H and O–H groups in total. The number of carbonyl (C=O) groups excluding carboxylic acids is 1. The van der Waals surface area contributed by atoms with Gasteiger partial charge < -0.3 is 15.0 Å². The molecular formula is C16H28N2O2. The summed E-state index contributed by atoms with van der Waals surface area (Å²) in [6.45, 7) is 7.41. The van der Waals surface area contributed by atoms with Crippen LogP contribution in [-0.4, -0.2) is 41.8 Å². The van der Waals surface area contributed by atoms with Gasteiger partial charge in [-0.3, -0.25) is 0 Å². The van der Waals surface area contributed by atoms with Gasteiger partial charge in [-0.25, -0.2) is 4.79 Å². The molecule has 0 aromatic carbocycles. The number of likely N-dealkylation sites (tertiary alicyclic amines) is 1. The summed E-state index contributed by atoms with van der Waals surface area (Å²) in [5.74, 6) is 1.83. The number of rotatable bonds is 4. The molecule has 20 heavy (non-hydrogen) atoms. The first kappa shape index (κ1) is 14.2. The number of hydrogen-bond acceptors (Lipinski definition) is 3. The summed E-state index contributed by atoms with van der Waals surface area (Å²) in [6, 6.07) is 1.19. The summed E-state index contributed by atoms with van der Waals surface area (Å²) in [5.41, 5.74) is -0.396. The summed E-state index contributed by atoms with van der Waals surface area (Å²) in [7, 11) is 0. The second kappa shape index (κ2) is 5.21. The van der Waals surface area contributed by atoms with Gasteiger partial charge in [-0.1, -0.05) is 0 Å². The second-order valence-electron chi connectivity index (χ2n) is 7.78. The van der Waals surface area contributed by atoms with Crippen LogP contribution in [0, 0.1) is 11.8 Å². The van der Waals surface area contributed by atoms with E-state index in [4.69, 9.17) is 4.74 Å². The molecule has 1 saturated heterocycles. The average Bonchev–Trinajstić information content (AvgIpc) is 3.24. The standard InChI is InChI=1S/C16H28N2O2/c1-16(2,3)20-15(19)18-9-8-13(10-18)17-14(11-4-5-11)12-6-7-12/h11-14,17H,4-10H2,1-3H3. The van der Waals surface area contributed by atoms with Crippen molar-refractivity contribution in [3.8, 4) is 0 Å². The highest BCUT2D eigenvalue weighted by molar-refractivity contribution is 5.68. The second-order valence-corrected chi connectivity index (χ2v) is 7.78. The number of amides is 1. The number of nitrogens with zero attached hydrogens (tertiary/aromatic N) is 1. The highest BCUT2D eigenvalue weighted by Gasteiger charge is 2.43. The normalized spacial score (nSPS) is 27.2. The topological polar surface area (TPSA) is 41.6 Å². The van der Waals surface area contributed by atoms with Crippen LogP contribution in [0.3, 0.4) is 0 Å². The van der Waals surface area contributed by atoms with E-state index in [-0.39, 0.29) is 6.09 Å². The first-order valence-corrected chi connectivity index (χ1v) is 8.16. The molecule has 0 aromatic heterocycles. The van der Waals surface area contributed by atoms with Crippen LogP contribution in [0.15, 0.2) is 0 Å². The molecule has 0 bridgehead atoms. The smallest absolute Gasteiger partial charge is 0.410 e. The number of carbonyl (C=O) groups is 1. The van der Waals surface area contributed by atoms with Crippen LogP contribution in [0.1, 0.15) is 52.9 Å². The van der Waals surface area contributed by atoms with Crippen molar-refractivity contribution in [2.75, 3.05) is 13.1 Å². The van der Waals surface area contributed by atoms with Gasteiger partial charge in [0, 0.05) is 25.2 Å². The lowest BCUT2D eigenvalue weighted by atomic mass is 10.1. The third-order valence-corrected chi connectivity index (χ3v) is 4.53. The molecule has 2 aliphatic carbocycles. The van der Waals surface area contributed by atoms with Crippen molar-refractivity contribution in [2.45, 2.75) is 70.6 Å². The van der Waals surface area contributed by atoms with E-state index in [9.17, 15) is 4.79 Å². The number of ether oxygens (including phenoxy) is 1. The zero-order chi connectivity index (χ0) is 14.3. The molecule has 1 unspecified atom stereocenters. The molecule has 3 fully saturated rings. The van der Waals surface area contributed by atoms with Gasteiger partial charge in [0.2, 0.25) is 0 Å². The fourth-order valence-electron chi connectivity index (χ4n) is 3.23. The Balaban J connectivity index is 1.47. The van der Waals surface area contributed by atoms with Gasteiger partial charge in [-0.15, -0.1) is 0 Å². The minimum atomic E-state index is -0.396. The molecule has 2 saturated carbocycles. The maximum atomic E-state index is 12.1. The summed E-state index contributed by atoms with van der Waals surface area (Å²) in [5, 5.41) is 3.84. The summed E-state index contributed by atoms with van der Waals surface area (Å²) in [4.78, 5) is 13.9. The minimum Gasteiger partial charge on any atom is -0.444 e. The Morgan fingerprint density at radius 3 is 2.25 bits per heavy atom. The Labute approximate surface area is 122 Å². The van der Waals surface area contributed by atoms with Gasteiger partial charge in [0.15, 0.2) is 0 Å². The van der Waals surface area contributed by atoms with Crippen molar-refractivity contribution >= 4 is 6.09 Å². The van der Waals surface area contributed by atoms with Crippen molar-refractivity contribution in [3.63, 3.8) is 0 Å². The van der Waals surface area contributed by atoms with E-state index in [0.717, 1.165) is 37.4 Å². The Morgan fingerprint density at radius 2 is 1.75 bits per heavy atom. The molecule has 4 nitrogen and oxygen atoms in total. The largest absolute Gasteiger partial charge is 0.444 e. The van der Waals surface area contributed by atoms with Crippen molar-refractivity contribution < 1.29 is 9.53 Å². The van der Waals surface area contributed by atoms with Crippen LogP contribution in [0.5, 0.6) is 0 Å². The molecule has 4 heteroatoms. The predicted molar refractivity (Wildman–Crippen MR) is 78.6 cm³/mol. The molecule has 0 radical (unpaired) electrons. The Kier molecular flexibility index (Phi) is 3.69. The van der Waals surface area contributed by atoms with Gasteiger partial charge in [-0.05, 0) is 64.7 Å². The van der Waals surface area contributed by atoms with Gasteiger partial charge >= 0.3 is 6.09 Å². The third kappa shape index (κ3) is 3.66. The molecule has 1 amide bonds. The van der Waals surface area contributed by atoms with Gasteiger partial charge in [0.1, 0.15) is 5.60 Å². The van der Waals surface area contributed by atoms with E-state index in [1.165, 1.54) is 25.7 Å². The monoisotopic (exact) mass is 280 g/mol. The number of hydrogen-bond donors (Lipinski definition) is 1. The van der Waals surface area contributed by atoms with Gasteiger partial charge in [0.25, 0.3) is 0 Å². The summed E-state index contributed by atoms with van der Waals surface area (Å²) < 4.78 is 5.45. The lowest BCUT2D eigenvalue weighted by Crippen LogP contribution is -2.43. The van der Waals surface area contributed by atoms with Crippen LogP contribution in [0.25, 0.3) is 0 Å². The lowest BCUT2D eigenvalue weighted by Gasteiger charge is -2.25. The summed E-state index contributed by atoms with van der Waals surface area (Å²) >= 11 is 0. The van der Waals surface area contributed by atoms with Gasteiger partial charge in [0.05, 0.1) is 0 Å². The molecule has 1 heterocycles. The maximum Gasteiger partial charge on any atom is 0.410 e. The molecular weight excluding hydrogens is 252 g/mol. The average molecular weight is 280 g/mol. The van der Waals surface area contributed by atoms with Crippen LogP contribution in [0.2, 0.25) is 0 Å². The highest BCUT2D eigenvalue weighted by Crippen LogP contribution is 2.44. The molecule has 0 spiro atoms. The Bertz CT molecular complexity index is 357. The number of nitrogens with one attached hydrogen (secondary N) is 1. The van der Waals surface area contributed by atoms with Crippen molar-refractivity contribution in [2.24, 2.45) is 11.8 Å². The first-order valence-electron chi connectivity index (χ1n) is 8.16. The zero-order valence-corrected chi connectivity index (χ0v) is 13.0.